The lowest BCUT2D eigenvalue weighted by Gasteiger charge is -2.26. The summed E-state index contributed by atoms with van der Waals surface area (Å²) in [4.78, 5) is 4.49. The number of benzene rings is 1. The van der Waals surface area contributed by atoms with E-state index in [4.69, 9.17) is 5.73 Å². The van der Waals surface area contributed by atoms with Crippen LogP contribution < -0.4 is 5.73 Å². The molecule has 2 rings (SSSR count). The topological polar surface area (TPSA) is 43.8 Å². The predicted molar refractivity (Wildman–Crippen MR) is 83.8 cm³/mol. The molecule has 1 heterocycles. The average Bonchev–Trinajstić information content (AvgIpc) is 2.89. The molecular formula is C17H25N3. The normalized spacial score (nSPS) is 14.2. The smallest absolute Gasteiger partial charge is 0.109 e. The van der Waals surface area contributed by atoms with Gasteiger partial charge in [0.1, 0.15) is 5.82 Å². The Kier molecular flexibility index (Phi) is 4.96. The van der Waals surface area contributed by atoms with Crippen molar-refractivity contribution in [2.45, 2.75) is 52.1 Å². The van der Waals surface area contributed by atoms with Crippen molar-refractivity contribution < 1.29 is 0 Å². The third-order valence-corrected chi connectivity index (χ3v) is 3.82. The summed E-state index contributed by atoms with van der Waals surface area (Å²) in [5.41, 5.74) is 8.93. The first-order valence-electron chi connectivity index (χ1n) is 7.51. The van der Waals surface area contributed by atoms with Crippen LogP contribution >= 0.6 is 0 Å². The Balaban J connectivity index is 2.41. The summed E-state index contributed by atoms with van der Waals surface area (Å²) >= 11 is 0. The van der Waals surface area contributed by atoms with Crippen molar-refractivity contribution in [3.63, 3.8) is 0 Å². The van der Waals surface area contributed by atoms with Crippen LogP contribution in [-0.4, -0.2) is 15.6 Å². The number of nitrogens with two attached hydrogens (primary N) is 1. The summed E-state index contributed by atoms with van der Waals surface area (Å²) in [6.07, 6.45) is 6.98. The molecule has 20 heavy (non-hydrogen) atoms. The van der Waals surface area contributed by atoms with Gasteiger partial charge in [0, 0.05) is 24.9 Å². The zero-order chi connectivity index (χ0) is 14.5. The molecule has 1 aromatic carbocycles. The number of hydrogen-bond donors (Lipinski definition) is 1. The summed E-state index contributed by atoms with van der Waals surface area (Å²) in [7, 11) is 0. The standard InChI is InChI=1S/C17H25N3/c1-4-6-16-19-11-12-20(16)17(15(18)5-2)14-9-7-13(3)8-10-14/h7-12,15,17H,4-6,18H2,1-3H3. The van der Waals surface area contributed by atoms with E-state index in [1.165, 1.54) is 11.1 Å². The molecular weight excluding hydrogens is 246 g/mol. The highest BCUT2D eigenvalue weighted by Gasteiger charge is 2.22. The van der Waals surface area contributed by atoms with Crippen LogP contribution in [0.3, 0.4) is 0 Å². The fraction of sp³-hybridized carbons (Fsp3) is 0.471. The van der Waals surface area contributed by atoms with Crippen molar-refractivity contribution in [2.24, 2.45) is 5.73 Å². The molecule has 0 aliphatic rings. The Morgan fingerprint density at radius 1 is 1.20 bits per heavy atom. The first-order chi connectivity index (χ1) is 9.67. The van der Waals surface area contributed by atoms with Gasteiger partial charge in [-0.2, -0.15) is 0 Å². The van der Waals surface area contributed by atoms with Crippen LogP contribution in [0.1, 0.15) is 49.7 Å². The number of aromatic nitrogens is 2. The van der Waals surface area contributed by atoms with Crippen molar-refractivity contribution in [1.82, 2.24) is 9.55 Å². The van der Waals surface area contributed by atoms with Gasteiger partial charge in [-0.1, -0.05) is 43.7 Å². The van der Waals surface area contributed by atoms with E-state index in [0.717, 1.165) is 25.1 Å². The van der Waals surface area contributed by atoms with Gasteiger partial charge in [0.2, 0.25) is 0 Å². The van der Waals surface area contributed by atoms with E-state index >= 15 is 0 Å². The molecule has 108 valence electrons. The summed E-state index contributed by atoms with van der Waals surface area (Å²) in [6.45, 7) is 6.43. The molecule has 0 saturated carbocycles. The van der Waals surface area contributed by atoms with Gasteiger partial charge in [0.25, 0.3) is 0 Å². The van der Waals surface area contributed by atoms with Crippen LogP contribution in [0.4, 0.5) is 0 Å². The van der Waals surface area contributed by atoms with Crippen LogP contribution in [0.15, 0.2) is 36.7 Å². The third kappa shape index (κ3) is 3.10. The molecule has 3 heteroatoms. The quantitative estimate of drug-likeness (QED) is 0.874. The first-order valence-corrected chi connectivity index (χ1v) is 7.51. The fourth-order valence-corrected chi connectivity index (χ4v) is 2.62. The highest BCUT2D eigenvalue weighted by atomic mass is 15.1. The molecule has 0 bridgehead atoms. The minimum Gasteiger partial charge on any atom is -0.326 e. The molecule has 2 unspecified atom stereocenters. The third-order valence-electron chi connectivity index (χ3n) is 3.82. The van der Waals surface area contributed by atoms with E-state index in [1.807, 2.05) is 6.20 Å². The summed E-state index contributed by atoms with van der Waals surface area (Å²) in [5, 5.41) is 0. The van der Waals surface area contributed by atoms with Gasteiger partial charge in [-0.15, -0.1) is 0 Å². The van der Waals surface area contributed by atoms with Crippen molar-refractivity contribution in [3.8, 4) is 0 Å². The monoisotopic (exact) mass is 271 g/mol. The second-order valence-corrected chi connectivity index (χ2v) is 5.43. The molecule has 2 N–H and O–H groups in total. The van der Waals surface area contributed by atoms with E-state index in [1.54, 1.807) is 0 Å². The molecule has 0 radical (unpaired) electrons. The Morgan fingerprint density at radius 3 is 2.50 bits per heavy atom. The zero-order valence-corrected chi connectivity index (χ0v) is 12.7. The number of imidazole rings is 1. The van der Waals surface area contributed by atoms with Crippen molar-refractivity contribution in [2.75, 3.05) is 0 Å². The minimum atomic E-state index is 0.0995. The maximum absolute atomic E-state index is 6.39. The van der Waals surface area contributed by atoms with Gasteiger partial charge in [0.15, 0.2) is 0 Å². The molecule has 0 fully saturated rings. The molecule has 2 atom stereocenters. The van der Waals surface area contributed by atoms with Crippen LogP contribution in [0.25, 0.3) is 0 Å². The van der Waals surface area contributed by atoms with E-state index in [2.05, 4.69) is 60.8 Å². The Bertz CT molecular complexity index is 527. The van der Waals surface area contributed by atoms with E-state index in [-0.39, 0.29) is 12.1 Å². The molecule has 0 spiro atoms. The lowest BCUT2D eigenvalue weighted by atomic mass is 9.96. The van der Waals surface area contributed by atoms with E-state index in [9.17, 15) is 0 Å². The van der Waals surface area contributed by atoms with Crippen LogP contribution in [-0.2, 0) is 6.42 Å². The van der Waals surface area contributed by atoms with Gasteiger partial charge in [-0.05, 0) is 25.3 Å². The van der Waals surface area contributed by atoms with Gasteiger partial charge in [-0.25, -0.2) is 4.98 Å². The Labute approximate surface area is 121 Å². The van der Waals surface area contributed by atoms with Crippen LogP contribution in [0.2, 0.25) is 0 Å². The van der Waals surface area contributed by atoms with Gasteiger partial charge < -0.3 is 10.3 Å². The van der Waals surface area contributed by atoms with Crippen LogP contribution in [0, 0.1) is 6.92 Å². The highest BCUT2D eigenvalue weighted by Crippen LogP contribution is 2.25. The maximum atomic E-state index is 6.39. The summed E-state index contributed by atoms with van der Waals surface area (Å²) in [6, 6.07) is 8.95. The first kappa shape index (κ1) is 14.8. The zero-order valence-electron chi connectivity index (χ0n) is 12.7. The second kappa shape index (κ2) is 6.71. The highest BCUT2D eigenvalue weighted by molar-refractivity contribution is 5.26. The average molecular weight is 271 g/mol. The number of aryl methyl sites for hydroxylation is 2. The Hall–Kier alpha value is -1.61. The SMILES string of the molecule is CCCc1nccn1C(c1ccc(C)cc1)C(N)CC. The lowest BCUT2D eigenvalue weighted by molar-refractivity contribution is 0.445. The molecule has 0 aliphatic carbocycles. The van der Waals surface area contributed by atoms with Gasteiger partial charge in [-0.3, -0.25) is 0 Å². The molecule has 1 aromatic heterocycles. The molecule has 2 aromatic rings. The van der Waals surface area contributed by atoms with E-state index < -0.39 is 0 Å². The van der Waals surface area contributed by atoms with Gasteiger partial charge in [0.05, 0.1) is 6.04 Å². The van der Waals surface area contributed by atoms with Gasteiger partial charge >= 0.3 is 0 Å². The maximum Gasteiger partial charge on any atom is 0.109 e. The predicted octanol–water partition coefficient (Wildman–Crippen LogP) is 3.47. The fourth-order valence-electron chi connectivity index (χ4n) is 2.62. The van der Waals surface area contributed by atoms with E-state index in [0.29, 0.717) is 0 Å². The molecule has 0 amide bonds. The minimum absolute atomic E-state index is 0.0995. The number of hydrogen-bond acceptors (Lipinski definition) is 2. The van der Waals surface area contributed by atoms with Crippen molar-refractivity contribution in [1.29, 1.82) is 0 Å². The molecule has 0 aliphatic heterocycles. The molecule has 3 nitrogen and oxygen atoms in total. The summed E-state index contributed by atoms with van der Waals surface area (Å²) < 4.78 is 2.25. The number of rotatable bonds is 6. The van der Waals surface area contributed by atoms with Crippen molar-refractivity contribution in [3.05, 3.63) is 53.6 Å². The Morgan fingerprint density at radius 2 is 1.90 bits per heavy atom. The second-order valence-electron chi connectivity index (χ2n) is 5.43. The number of nitrogens with zero attached hydrogens (tertiary/aromatic N) is 2. The lowest BCUT2D eigenvalue weighted by Crippen LogP contribution is -2.33. The molecule has 0 saturated heterocycles. The summed E-state index contributed by atoms with van der Waals surface area (Å²) in [5.74, 6) is 1.13. The van der Waals surface area contributed by atoms with Crippen molar-refractivity contribution >= 4 is 0 Å². The van der Waals surface area contributed by atoms with Crippen LogP contribution in [0.5, 0.6) is 0 Å². The largest absolute Gasteiger partial charge is 0.326 e.